The largest absolute Gasteiger partial charge is 0.497 e. The summed E-state index contributed by atoms with van der Waals surface area (Å²) in [5.41, 5.74) is 4.04. The molecule has 4 heteroatoms. The zero-order valence-electron chi connectivity index (χ0n) is 15.2. The van der Waals surface area contributed by atoms with Crippen molar-refractivity contribution in [3.05, 3.63) is 83.9 Å². The van der Waals surface area contributed by atoms with Gasteiger partial charge in [-0.25, -0.2) is 0 Å². The van der Waals surface area contributed by atoms with E-state index in [1.165, 1.54) is 0 Å². The minimum absolute atomic E-state index is 0.0627. The zero-order valence-corrected chi connectivity index (χ0v) is 15.2. The third-order valence-electron chi connectivity index (χ3n) is 4.62. The molecule has 1 aliphatic rings. The Morgan fingerprint density at radius 3 is 2.33 bits per heavy atom. The first kappa shape index (κ1) is 16.9. The summed E-state index contributed by atoms with van der Waals surface area (Å²) in [5.74, 6) is 1.33. The molecule has 0 unspecified atom stereocenters. The van der Waals surface area contributed by atoms with Crippen LogP contribution >= 0.6 is 0 Å². The fourth-order valence-electron chi connectivity index (χ4n) is 3.32. The van der Waals surface area contributed by atoms with Crippen molar-refractivity contribution in [2.75, 3.05) is 19.1 Å². The Hall–Kier alpha value is -3.53. The van der Waals surface area contributed by atoms with Crippen molar-refractivity contribution in [3.8, 4) is 11.5 Å². The summed E-state index contributed by atoms with van der Waals surface area (Å²) < 4.78 is 10.8. The van der Waals surface area contributed by atoms with Crippen LogP contribution in [0.5, 0.6) is 11.5 Å². The Morgan fingerprint density at radius 2 is 1.59 bits per heavy atom. The number of nitrogens with zero attached hydrogens (tertiary/aromatic N) is 1. The number of carbonyl (C=O) groups excluding carboxylic acids is 1. The predicted octanol–water partition coefficient (Wildman–Crippen LogP) is 4.92. The van der Waals surface area contributed by atoms with Gasteiger partial charge in [-0.2, -0.15) is 0 Å². The Labute approximate surface area is 158 Å². The first-order valence-electron chi connectivity index (χ1n) is 8.65. The number of anilines is 2. The molecule has 1 heterocycles. The Morgan fingerprint density at radius 1 is 0.852 bits per heavy atom. The van der Waals surface area contributed by atoms with Gasteiger partial charge in [-0.05, 0) is 42.5 Å². The monoisotopic (exact) mass is 357 g/mol. The molecule has 27 heavy (non-hydrogen) atoms. The van der Waals surface area contributed by atoms with Gasteiger partial charge in [0.15, 0.2) is 0 Å². The van der Waals surface area contributed by atoms with Gasteiger partial charge in [0, 0.05) is 16.8 Å². The van der Waals surface area contributed by atoms with Gasteiger partial charge in [0.2, 0.25) is 0 Å². The van der Waals surface area contributed by atoms with E-state index in [0.717, 1.165) is 22.5 Å². The fourth-order valence-corrected chi connectivity index (χ4v) is 3.32. The highest BCUT2D eigenvalue weighted by molar-refractivity contribution is 6.38. The maximum absolute atomic E-state index is 13.3. The van der Waals surface area contributed by atoms with E-state index in [2.05, 4.69) is 0 Å². The number of fused-ring (bicyclic) bond motifs is 1. The van der Waals surface area contributed by atoms with E-state index < -0.39 is 0 Å². The minimum atomic E-state index is -0.0627. The summed E-state index contributed by atoms with van der Waals surface area (Å²) in [7, 11) is 3.23. The molecule has 134 valence electrons. The van der Waals surface area contributed by atoms with Crippen molar-refractivity contribution in [2.24, 2.45) is 0 Å². The topological polar surface area (TPSA) is 38.8 Å². The first-order valence-corrected chi connectivity index (χ1v) is 8.65. The second-order valence-corrected chi connectivity index (χ2v) is 6.16. The number of benzene rings is 3. The predicted molar refractivity (Wildman–Crippen MR) is 107 cm³/mol. The molecular weight excluding hydrogens is 338 g/mol. The number of methoxy groups -OCH3 is 2. The van der Waals surface area contributed by atoms with E-state index in [4.69, 9.17) is 9.47 Å². The molecule has 4 nitrogen and oxygen atoms in total. The van der Waals surface area contributed by atoms with Crippen molar-refractivity contribution < 1.29 is 14.3 Å². The quantitative estimate of drug-likeness (QED) is 0.622. The molecule has 0 radical (unpaired) electrons. The molecule has 0 saturated carbocycles. The second-order valence-electron chi connectivity index (χ2n) is 6.16. The number of hydrogen-bond donors (Lipinski definition) is 0. The lowest BCUT2D eigenvalue weighted by Gasteiger charge is -2.16. The minimum Gasteiger partial charge on any atom is -0.497 e. The second kappa shape index (κ2) is 7.00. The molecule has 0 aliphatic carbocycles. The van der Waals surface area contributed by atoms with Gasteiger partial charge in [0.05, 0.1) is 25.5 Å². The van der Waals surface area contributed by atoms with E-state index in [0.29, 0.717) is 17.1 Å². The average molecular weight is 357 g/mol. The molecule has 0 atom stereocenters. The summed E-state index contributed by atoms with van der Waals surface area (Å²) in [4.78, 5) is 15.1. The van der Waals surface area contributed by atoms with Gasteiger partial charge in [-0.3, -0.25) is 9.69 Å². The highest BCUT2D eigenvalue weighted by Crippen LogP contribution is 2.42. The van der Waals surface area contributed by atoms with Gasteiger partial charge in [-0.15, -0.1) is 0 Å². The van der Waals surface area contributed by atoms with Crippen LogP contribution in [0.1, 0.15) is 11.1 Å². The van der Waals surface area contributed by atoms with Crippen LogP contribution < -0.4 is 14.4 Å². The molecule has 0 saturated heterocycles. The van der Waals surface area contributed by atoms with Crippen molar-refractivity contribution in [3.63, 3.8) is 0 Å². The highest BCUT2D eigenvalue weighted by atomic mass is 16.5. The van der Waals surface area contributed by atoms with Crippen LogP contribution in [0.25, 0.3) is 11.6 Å². The van der Waals surface area contributed by atoms with Crippen LogP contribution in [0.3, 0.4) is 0 Å². The van der Waals surface area contributed by atoms with Crippen LogP contribution in [-0.4, -0.2) is 20.1 Å². The number of rotatable bonds is 4. The molecular formula is C23H19NO3. The standard InChI is InChI=1S/C23H19NO3/c1-26-18-12-13-22(27-2)16(14-18)15-20-19-10-6-7-11-21(19)24(23(20)25)17-8-4-3-5-9-17/h3-15H,1-2H3/b20-15+. The highest BCUT2D eigenvalue weighted by Gasteiger charge is 2.33. The van der Waals surface area contributed by atoms with Gasteiger partial charge in [0.1, 0.15) is 11.5 Å². The lowest BCUT2D eigenvalue weighted by atomic mass is 10.0. The van der Waals surface area contributed by atoms with E-state index in [1.54, 1.807) is 19.1 Å². The average Bonchev–Trinajstić information content (AvgIpc) is 3.00. The van der Waals surface area contributed by atoms with Crippen LogP contribution in [0.2, 0.25) is 0 Å². The number of hydrogen-bond acceptors (Lipinski definition) is 3. The van der Waals surface area contributed by atoms with Crippen LogP contribution in [-0.2, 0) is 4.79 Å². The smallest absolute Gasteiger partial charge is 0.263 e. The molecule has 0 bridgehead atoms. The summed E-state index contributed by atoms with van der Waals surface area (Å²) in [5, 5.41) is 0. The van der Waals surface area contributed by atoms with E-state index in [1.807, 2.05) is 78.9 Å². The van der Waals surface area contributed by atoms with Crippen molar-refractivity contribution in [1.82, 2.24) is 0 Å². The molecule has 3 aromatic rings. The molecule has 0 aromatic heterocycles. The molecule has 3 aromatic carbocycles. The Balaban J connectivity index is 1.87. The maximum atomic E-state index is 13.3. The van der Waals surface area contributed by atoms with E-state index in [-0.39, 0.29) is 5.91 Å². The molecule has 0 N–H and O–H groups in total. The molecule has 0 spiro atoms. The van der Waals surface area contributed by atoms with Crippen LogP contribution in [0.15, 0.2) is 72.8 Å². The first-order chi connectivity index (χ1) is 13.2. The third kappa shape index (κ3) is 2.95. The Bertz CT molecular complexity index is 1020. The van der Waals surface area contributed by atoms with E-state index >= 15 is 0 Å². The zero-order chi connectivity index (χ0) is 18.8. The van der Waals surface area contributed by atoms with E-state index in [9.17, 15) is 4.79 Å². The summed E-state index contributed by atoms with van der Waals surface area (Å²) in [6.45, 7) is 0. The van der Waals surface area contributed by atoms with Crippen molar-refractivity contribution in [2.45, 2.75) is 0 Å². The number of para-hydroxylation sites is 2. The van der Waals surface area contributed by atoms with Crippen LogP contribution in [0, 0.1) is 0 Å². The molecule has 0 fully saturated rings. The van der Waals surface area contributed by atoms with Gasteiger partial charge in [0.25, 0.3) is 5.91 Å². The van der Waals surface area contributed by atoms with Crippen LogP contribution in [0.4, 0.5) is 11.4 Å². The van der Waals surface area contributed by atoms with Crippen molar-refractivity contribution in [1.29, 1.82) is 0 Å². The van der Waals surface area contributed by atoms with Gasteiger partial charge in [-0.1, -0.05) is 36.4 Å². The van der Waals surface area contributed by atoms with Gasteiger partial charge >= 0.3 is 0 Å². The number of amides is 1. The molecule has 1 amide bonds. The number of ether oxygens (including phenoxy) is 2. The molecule has 4 rings (SSSR count). The lowest BCUT2D eigenvalue weighted by molar-refractivity contribution is -0.112. The summed E-state index contributed by atoms with van der Waals surface area (Å²) in [6, 6.07) is 23.0. The Kier molecular flexibility index (Phi) is 4.38. The third-order valence-corrected chi connectivity index (χ3v) is 4.62. The molecule has 1 aliphatic heterocycles. The lowest BCUT2D eigenvalue weighted by Crippen LogP contribution is -2.20. The number of carbonyl (C=O) groups is 1. The summed E-state index contributed by atoms with van der Waals surface area (Å²) >= 11 is 0. The van der Waals surface area contributed by atoms with Crippen molar-refractivity contribution >= 4 is 28.9 Å². The SMILES string of the molecule is COc1ccc(OC)c(/C=C2/C(=O)N(c3ccccc3)c3ccccc32)c1. The fraction of sp³-hybridized carbons (Fsp3) is 0.0870. The van der Waals surface area contributed by atoms with Gasteiger partial charge < -0.3 is 9.47 Å². The maximum Gasteiger partial charge on any atom is 0.263 e. The normalized spacial score (nSPS) is 14.4. The summed E-state index contributed by atoms with van der Waals surface area (Å²) in [6.07, 6.45) is 1.87.